The molecule has 2 heterocycles. The summed E-state index contributed by atoms with van der Waals surface area (Å²) in [5, 5.41) is 0. The smallest absolute Gasteiger partial charge is 0.125 e. The van der Waals surface area contributed by atoms with Gasteiger partial charge in [-0.1, -0.05) is 29.8 Å². The number of hydrogen-bond donors (Lipinski definition) is 0. The van der Waals surface area contributed by atoms with E-state index in [1.807, 2.05) is 0 Å². The Kier molecular flexibility index (Phi) is 3.80. The van der Waals surface area contributed by atoms with E-state index in [4.69, 9.17) is 9.47 Å². The normalized spacial score (nSPS) is 37.7. The van der Waals surface area contributed by atoms with Crippen LogP contribution >= 0.6 is 0 Å². The van der Waals surface area contributed by atoms with Crippen LogP contribution in [0.3, 0.4) is 0 Å². The third-order valence-corrected chi connectivity index (χ3v) is 6.71. The second kappa shape index (κ2) is 5.62. The van der Waals surface area contributed by atoms with Gasteiger partial charge in [-0.2, -0.15) is 0 Å². The molecule has 0 saturated carbocycles. The number of ether oxygens (including phenoxy) is 2. The first-order valence-electron chi connectivity index (χ1n) is 9.50. The Labute approximate surface area is 146 Å². The summed E-state index contributed by atoms with van der Waals surface area (Å²) in [7, 11) is 0. The highest BCUT2D eigenvalue weighted by Gasteiger charge is 2.52. The summed E-state index contributed by atoms with van der Waals surface area (Å²) in [4.78, 5) is 0. The topological polar surface area (TPSA) is 18.5 Å². The van der Waals surface area contributed by atoms with Crippen LogP contribution < -0.4 is 4.74 Å². The van der Waals surface area contributed by atoms with Gasteiger partial charge in [-0.05, 0) is 71.8 Å². The van der Waals surface area contributed by atoms with Crippen molar-refractivity contribution in [3.8, 4) is 5.75 Å². The molecule has 1 saturated heterocycles. The van der Waals surface area contributed by atoms with Gasteiger partial charge in [0.2, 0.25) is 0 Å². The number of rotatable bonds is 1. The van der Waals surface area contributed by atoms with E-state index in [0.717, 1.165) is 12.2 Å². The van der Waals surface area contributed by atoms with Gasteiger partial charge in [0.1, 0.15) is 11.4 Å². The van der Waals surface area contributed by atoms with E-state index in [0.29, 0.717) is 11.8 Å². The summed E-state index contributed by atoms with van der Waals surface area (Å²) in [5.74, 6) is 2.08. The van der Waals surface area contributed by atoms with Crippen LogP contribution in [0.2, 0.25) is 0 Å². The van der Waals surface area contributed by atoms with Crippen molar-refractivity contribution < 1.29 is 9.47 Å². The number of allylic oxidation sites excluding steroid dienone is 2. The molecule has 2 nitrogen and oxygen atoms in total. The molecule has 2 heteroatoms. The van der Waals surface area contributed by atoms with Crippen LogP contribution in [-0.4, -0.2) is 11.2 Å². The van der Waals surface area contributed by atoms with Gasteiger partial charge in [0.25, 0.3) is 0 Å². The van der Waals surface area contributed by atoms with Crippen LogP contribution in [0.4, 0.5) is 0 Å². The molecule has 1 fully saturated rings. The van der Waals surface area contributed by atoms with Gasteiger partial charge in [0, 0.05) is 11.5 Å². The molecule has 4 rings (SSSR count). The fraction of sp³-hybridized carbons (Fsp3) is 0.636. The largest absolute Gasteiger partial charge is 0.487 e. The van der Waals surface area contributed by atoms with Gasteiger partial charge in [0.05, 0.1) is 11.7 Å². The minimum Gasteiger partial charge on any atom is -0.487 e. The van der Waals surface area contributed by atoms with Crippen LogP contribution in [0.15, 0.2) is 35.9 Å². The average molecular weight is 326 g/mol. The van der Waals surface area contributed by atoms with Gasteiger partial charge in [-0.3, -0.25) is 0 Å². The Morgan fingerprint density at radius 2 is 1.88 bits per heavy atom. The second-order valence-corrected chi connectivity index (χ2v) is 8.76. The molecule has 1 aliphatic carbocycles. The number of hydrogen-bond acceptors (Lipinski definition) is 2. The van der Waals surface area contributed by atoms with Gasteiger partial charge in [0.15, 0.2) is 0 Å². The lowest BCUT2D eigenvalue weighted by Gasteiger charge is -2.54. The van der Waals surface area contributed by atoms with E-state index in [1.54, 1.807) is 5.57 Å². The zero-order valence-corrected chi connectivity index (χ0v) is 15.5. The van der Waals surface area contributed by atoms with Crippen molar-refractivity contribution in [2.45, 2.75) is 77.1 Å². The van der Waals surface area contributed by atoms with Crippen LogP contribution in [0.1, 0.15) is 71.5 Å². The molecule has 2 aliphatic heterocycles. The van der Waals surface area contributed by atoms with Crippen molar-refractivity contribution in [2.75, 3.05) is 0 Å². The fourth-order valence-corrected chi connectivity index (χ4v) is 5.00. The molecular formula is C22H30O2. The molecule has 0 unspecified atom stereocenters. The van der Waals surface area contributed by atoms with E-state index in [9.17, 15) is 0 Å². The van der Waals surface area contributed by atoms with Gasteiger partial charge in [-0.15, -0.1) is 0 Å². The molecule has 3 aliphatic rings. The van der Waals surface area contributed by atoms with Crippen molar-refractivity contribution in [3.63, 3.8) is 0 Å². The summed E-state index contributed by atoms with van der Waals surface area (Å²) in [6, 6.07) is 8.46. The number of para-hydroxylation sites is 1. The van der Waals surface area contributed by atoms with E-state index in [-0.39, 0.29) is 17.3 Å². The Balaban J connectivity index is 1.65. The maximum Gasteiger partial charge on any atom is 0.125 e. The number of benzene rings is 1. The van der Waals surface area contributed by atoms with Crippen molar-refractivity contribution in [1.29, 1.82) is 0 Å². The molecular weight excluding hydrogens is 296 g/mol. The van der Waals surface area contributed by atoms with Crippen molar-refractivity contribution >= 4 is 0 Å². The molecule has 4 atom stereocenters. The highest BCUT2D eigenvalue weighted by molar-refractivity contribution is 5.39. The number of fused-ring (bicyclic) bond motifs is 3. The molecule has 0 aromatic heterocycles. The molecule has 0 radical (unpaired) electrons. The van der Waals surface area contributed by atoms with E-state index < -0.39 is 0 Å². The van der Waals surface area contributed by atoms with Gasteiger partial charge in [-0.25, -0.2) is 0 Å². The Hall–Kier alpha value is -1.28. The van der Waals surface area contributed by atoms with Crippen LogP contribution in [0.5, 0.6) is 5.75 Å². The van der Waals surface area contributed by atoms with Crippen LogP contribution in [0.25, 0.3) is 0 Å². The second-order valence-electron chi connectivity index (χ2n) is 8.76. The summed E-state index contributed by atoms with van der Waals surface area (Å²) in [5.41, 5.74) is 2.61. The summed E-state index contributed by atoms with van der Waals surface area (Å²) >= 11 is 0. The summed E-state index contributed by atoms with van der Waals surface area (Å²) in [6.07, 6.45) is 8.57. The third-order valence-electron chi connectivity index (χ3n) is 6.71. The highest BCUT2D eigenvalue weighted by Crippen LogP contribution is 2.55. The van der Waals surface area contributed by atoms with Crippen molar-refractivity contribution in [1.82, 2.24) is 0 Å². The maximum atomic E-state index is 6.91. The van der Waals surface area contributed by atoms with E-state index in [1.165, 1.54) is 31.2 Å². The Bertz CT molecular complexity index is 660. The lowest BCUT2D eigenvalue weighted by atomic mass is 9.68. The Morgan fingerprint density at radius 3 is 2.62 bits per heavy atom. The Morgan fingerprint density at radius 1 is 1.08 bits per heavy atom. The zero-order chi connectivity index (χ0) is 16.9. The summed E-state index contributed by atoms with van der Waals surface area (Å²) in [6.45, 7) is 9.06. The monoisotopic (exact) mass is 326 g/mol. The zero-order valence-electron chi connectivity index (χ0n) is 15.5. The molecule has 0 bridgehead atoms. The van der Waals surface area contributed by atoms with E-state index in [2.05, 4.69) is 58.0 Å². The van der Waals surface area contributed by atoms with Gasteiger partial charge >= 0.3 is 0 Å². The van der Waals surface area contributed by atoms with Crippen molar-refractivity contribution in [3.05, 3.63) is 41.5 Å². The first-order valence-corrected chi connectivity index (χ1v) is 9.50. The highest BCUT2D eigenvalue weighted by atomic mass is 16.5. The molecule has 0 N–H and O–H groups in total. The first-order chi connectivity index (χ1) is 11.4. The molecule has 0 spiro atoms. The van der Waals surface area contributed by atoms with Gasteiger partial charge < -0.3 is 9.47 Å². The lowest BCUT2D eigenvalue weighted by molar-refractivity contribution is -0.210. The molecule has 130 valence electrons. The first kappa shape index (κ1) is 16.2. The molecule has 1 aromatic carbocycles. The maximum absolute atomic E-state index is 6.91. The fourth-order valence-electron chi connectivity index (χ4n) is 5.00. The molecule has 1 aromatic rings. The third kappa shape index (κ3) is 2.60. The predicted octanol–water partition coefficient (Wildman–Crippen LogP) is 5.83. The predicted molar refractivity (Wildman–Crippen MR) is 97.2 cm³/mol. The minimum atomic E-state index is -0.163. The van der Waals surface area contributed by atoms with Crippen molar-refractivity contribution in [2.24, 2.45) is 11.8 Å². The minimum absolute atomic E-state index is 0.0150. The molecule has 0 amide bonds. The van der Waals surface area contributed by atoms with Crippen LogP contribution in [-0.2, 0) is 4.74 Å². The van der Waals surface area contributed by atoms with Crippen LogP contribution in [0, 0.1) is 11.8 Å². The summed E-state index contributed by atoms with van der Waals surface area (Å²) < 4.78 is 13.2. The standard InChI is InChI=1S/C22H30O2/c1-15-9-11-16(12-10-15)22(4)14-13-18-20(24-22)17-7-5-6-8-19(17)23-21(18,2)3/h5-9,16,18,20H,10-14H2,1-4H3/t16-,18+,20-,22-/m0/s1. The SMILES string of the molecule is CC1=CC[C@H]([C@]2(C)CC[C@@H]3[C@@H](O2)c2ccccc2OC3(C)C)CC1. The quantitative estimate of drug-likeness (QED) is 0.604. The van der Waals surface area contributed by atoms with E-state index >= 15 is 0 Å². The average Bonchev–Trinajstić information content (AvgIpc) is 2.54. The molecule has 24 heavy (non-hydrogen) atoms. The lowest BCUT2D eigenvalue weighted by Crippen LogP contribution is -2.53.